The van der Waals surface area contributed by atoms with Gasteiger partial charge in [-0.3, -0.25) is 4.79 Å². The van der Waals surface area contributed by atoms with Gasteiger partial charge in [-0.05, 0) is 38.5 Å². The molecule has 1 N–H and O–H groups in total. The Labute approximate surface area is 124 Å². The second-order valence-electron chi connectivity index (χ2n) is 7.10. The number of hydrogen-bond acceptors (Lipinski definition) is 2. The maximum Gasteiger partial charge on any atom is 0.236 e. The molecule has 1 fully saturated rings. The molecule has 1 aliphatic heterocycles. The maximum absolute atomic E-state index is 12.2. The minimum atomic E-state index is 0.230. The molecule has 114 valence electrons. The fraction of sp³-hybridized carbons (Fsp3) is 0.824. The third-order valence-electron chi connectivity index (χ3n) is 3.72. The molecule has 20 heavy (non-hydrogen) atoms. The standard InChI is InChI=1S/C17H30N2O/c1-6-7-15-8-10-19(11-9-15)16(20)13-18-14(2)12-17(3,4)5/h14-15,18H,8-13H2,1-5H3. The van der Waals surface area contributed by atoms with Crippen molar-refractivity contribution in [3.63, 3.8) is 0 Å². The molecule has 3 nitrogen and oxygen atoms in total. The molecule has 3 heteroatoms. The lowest BCUT2D eigenvalue weighted by molar-refractivity contribution is -0.131. The van der Waals surface area contributed by atoms with Crippen molar-refractivity contribution in [1.82, 2.24) is 10.2 Å². The predicted molar refractivity (Wildman–Crippen MR) is 84.3 cm³/mol. The van der Waals surface area contributed by atoms with Crippen LogP contribution in [0.25, 0.3) is 0 Å². The van der Waals surface area contributed by atoms with Crippen LogP contribution in [0.5, 0.6) is 0 Å². The van der Waals surface area contributed by atoms with Crippen molar-refractivity contribution in [3.8, 4) is 11.8 Å². The highest BCUT2D eigenvalue weighted by Crippen LogP contribution is 2.20. The topological polar surface area (TPSA) is 32.3 Å². The Balaban J connectivity index is 2.28. The van der Waals surface area contributed by atoms with E-state index < -0.39 is 0 Å². The van der Waals surface area contributed by atoms with E-state index in [1.165, 1.54) is 0 Å². The summed E-state index contributed by atoms with van der Waals surface area (Å²) >= 11 is 0. The lowest BCUT2D eigenvalue weighted by atomic mass is 9.89. The summed E-state index contributed by atoms with van der Waals surface area (Å²) in [5, 5.41) is 3.35. The van der Waals surface area contributed by atoms with Crippen LogP contribution in [0.4, 0.5) is 0 Å². The van der Waals surface area contributed by atoms with Gasteiger partial charge in [0.15, 0.2) is 0 Å². The van der Waals surface area contributed by atoms with Crippen molar-refractivity contribution in [3.05, 3.63) is 0 Å². The molecule has 0 aromatic heterocycles. The van der Waals surface area contributed by atoms with Gasteiger partial charge in [0, 0.05) is 25.0 Å². The number of hydrogen-bond donors (Lipinski definition) is 1. The van der Waals surface area contributed by atoms with Crippen LogP contribution >= 0.6 is 0 Å². The molecule has 1 heterocycles. The average molecular weight is 278 g/mol. The monoisotopic (exact) mass is 278 g/mol. The highest BCUT2D eigenvalue weighted by Gasteiger charge is 2.22. The maximum atomic E-state index is 12.2. The zero-order valence-electron chi connectivity index (χ0n) is 13.8. The summed E-state index contributed by atoms with van der Waals surface area (Å²) < 4.78 is 0. The lowest BCUT2D eigenvalue weighted by Gasteiger charge is -2.31. The van der Waals surface area contributed by atoms with Gasteiger partial charge in [-0.25, -0.2) is 0 Å². The van der Waals surface area contributed by atoms with Crippen LogP contribution in [-0.4, -0.2) is 36.5 Å². The lowest BCUT2D eigenvalue weighted by Crippen LogP contribution is -2.44. The molecule has 1 amide bonds. The largest absolute Gasteiger partial charge is 0.342 e. The molecule has 1 unspecified atom stereocenters. The molecule has 0 aromatic rings. The minimum absolute atomic E-state index is 0.230. The van der Waals surface area contributed by atoms with Crippen LogP contribution in [0, 0.1) is 23.2 Å². The summed E-state index contributed by atoms with van der Waals surface area (Å²) in [7, 11) is 0. The molecular formula is C17H30N2O. The Bertz CT molecular complexity index is 365. The average Bonchev–Trinajstić information content (AvgIpc) is 2.35. The van der Waals surface area contributed by atoms with Crippen molar-refractivity contribution in [2.24, 2.45) is 11.3 Å². The fourth-order valence-corrected chi connectivity index (χ4v) is 2.84. The number of nitrogens with one attached hydrogen (secondary N) is 1. The van der Waals surface area contributed by atoms with Gasteiger partial charge in [0.2, 0.25) is 5.91 Å². The van der Waals surface area contributed by atoms with E-state index in [9.17, 15) is 4.79 Å². The molecule has 1 aliphatic rings. The van der Waals surface area contributed by atoms with E-state index >= 15 is 0 Å². The smallest absolute Gasteiger partial charge is 0.236 e. The molecule has 0 saturated carbocycles. The van der Waals surface area contributed by atoms with Gasteiger partial charge in [-0.1, -0.05) is 20.8 Å². The van der Waals surface area contributed by atoms with Crippen LogP contribution in [0.15, 0.2) is 0 Å². The SMILES string of the molecule is CC#CC1CCN(C(=O)CNC(C)CC(C)(C)C)CC1. The zero-order valence-corrected chi connectivity index (χ0v) is 13.8. The summed E-state index contributed by atoms with van der Waals surface area (Å²) in [5.41, 5.74) is 0.298. The first kappa shape index (κ1) is 17.0. The van der Waals surface area contributed by atoms with Gasteiger partial charge in [-0.2, -0.15) is 0 Å². The first-order valence-electron chi connectivity index (χ1n) is 7.75. The number of carbonyl (C=O) groups excluding carboxylic acids is 1. The molecule has 0 spiro atoms. The van der Waals surface area contributed by atoms with Gasteiger partial charge < -0.3 is 10.2 Å². The van der Waals surface area contributed by atoms with E-state index in [0.29, 0.717) is 23.9 Å². The van der Waals surface area contributed by atoms with Crippen molar-refractivity contribution in [2.75, 3.05) is 19.6 Å². The molecule has 0 aromatic carbocycles. The Morgan fingerprint density at radius 2 is 1.95 bits per heavy atom. The first-order chi connectivity index (χ1) is 9.31. The quantitative estimate of drug-likeness (QED) is 0.802. The van der Waals surface area contributed by atoms with Crippen LogP contribution < -0.4 is 5.32 Å². The normalized spacial score (nSPS) is 18.4. The second-order valence-corrected chi connectivity index (χ2v) is 7.10. The zero-order chi connectivity index (χ0) is 15.2. The third kappa shape index (κ3) is 6.43. The van der Waals surface area contributed by atoms with Crippen molar-refractivity contribution < 1.29 is 4.79 Å². The van der Waals surface area contributed by atoms with Gasteiger partial charge >= 0.3 is 0 Å². The Morgan fingerprint density at radius 1 is 1.35 bits per heavy atom. The second kappa shape index (κ2) is 7.69. The van der Waals surface area contributed by atoms with Crippen molar-refractivity contribution in [1.29, 1.82) is 0 Å². The van der Waals surface area contributed by atoms with E-state index in [0.717, 1.165) is 32.4 Å². The first-order valence-corrected chi connectivity index (χ1v) is 7.75. The molecule has 0 bridgehead atoms. The summed E-state index contributed by atoms with van der Waals surface area (Å²) in [6, 6.07) is 0.377. The summed E-state index contributed by atoms with van der Waals surface area (Å²) in [6.07, 6.45) is 3.11. The van der Waals surface area contributed by atoms with Crippen molar-refractivity contribution >= 4 is 5.91 Å². The number of amides is 1. The molecular weight excluding hydrogens is 248 g/mol. The Kier molecular flexibility index (Phi) is 6.55. The summed E-state index contributed by atoms with van der Waals surface area (Å²) in [4.78, 5) is 14.1. The fourth-order valence-electron chi connectivity index (χ4n) is 2.84. The molecule has 1 atom stereocenters. The third-order valence-corrected chi connectivity index (χ3v) is 3.72. The summed E-state index contributed by atoms with van der Waals surface area (Å²) in [5.74, 6) is 6.91. The Morgan fingerprint density at radius 3 is 2.45 bits per heavy atom. The highest BCUT2D eigenvalue weighted by molar-refractivity contribution is 5.78. The molecule has 1 saturated heterocycles. The van der Waals surface area contributed by atoms with E-state index in [2.05, 4.69) is 44.9 Å². The van der Waals surface area contributed by atoms with E-state index in [1.54, 1.807) is 0 Å². The molecule has 0 aliphatic carbocycles. The van der Waals surface area contributed by atoms with Crippen LogP contribution in [0.3, 0.4) is 0 Å². The number of likely N-dealkylation sites (tertiary alicyclic amines) is 1. The van der Waals surface area contributed by atoms with Crippen molar-refractivity contribution in [2.45, 2.75) is 59.9 Å². The number of rotatable bonds is 4. The number of nitrogens with zero attached hydrogens (tertiary/aromatic N) is 1. The highest BCUT2D eigenvalue weighted by atomic mass is 16.2. The minimum Gasteiger partial charge on any atom is -0.342 e. The number of carbonyl (C=O) groups is 1. The summed E-state index contributed by atoms with van der Waals surface area (Å²) in [6.45, 7) is 12.9. The molecule has 1 rings (SSSR count). The van der Waals surface area contributed by atoms with Crippen LogP contribution in [0.1, 0.15) is 53.9 Å². The van der Waals surface area contributed by atoms with Crippen LogP contribution in [-0.2, 0) is 4.79 Å². The predicted octanol–water partition coefficient (Wildman–Crippen LogP) is 2.66. The van der Waals surface area contributed by atoms with Gasteiger partial charge in [0.05, 0.1) is 6.54 Å². The van der Waals surface area contributed by atoms with Gasteiger partial charge in [0.1, 0.15) is 0 Å². The van der Waals surface area contributed by atoms with Gasteiger partial charge in [-0.15, -0.1) is 11.8 Å². The van der Waals surface area contributed by atoms with Crippen LogP contribution in [0.2, 0.25) is 0 Å². The van der Waals surface area contributed by atoms with E-state index in [4.69, 9.17) is 0 Å². The van der Waals surface area contributed by atoms with Gasteiger partial charge in [0.25, 0.3) is 0 Å². The molecule has 0 radical (unpaired) electrons. The van der Waals surface area contributed by atoms with E-state index in [-0.39, 0.29) is 5.91 Å². The number of piperidine rings is 1. The van der Waals surface area contributed by atoms with E-state index in [1.807, 2.05) is 11.8 Å². The Hall–Kier alpha value is -1.01.